The molecule has 4 bridgehead atoms. The van der Waals surface area contributed by atoms with Gasteiger partial charge in [0.1, 0.15) is 40.7 Å². The number of hydrogen-bond acceptors (Lipinski definition) is 19. The molecule has 111 heavy (non-hydrogen) atoms. The lowest BCUT2D eigenvalue weighted by Crippen LogP contribution is -2.42. The Bertz CT molecular complexity index is 5000. The third-order valence-electron chi connectivity index (χ3n) is 21.6. The van der Waals surface area contributed by atoms with Gasteiger partial charge in [-0.25, -0.2) is 38.1 Å². The highest BCUT2D eigenvalue weighted by molar-refractivity contribution is 5.98. The van der Waals surface area contributed by atoms with Gasteiger partial charge in [-0.1, -0.05) is 74.5 Å². The molecular weight excluding hydrogens is 1410 g/mol. The van der Waals surface area contributed by atoms with Crippen molar-refractivity contribution in [2.24, 2.45) is 0 Å². The summed E-state index contributed by atoms with van der Waals surface area (Å²) >= 11 is 0. The Morgan fingerprint density at radius 1 is 0.505 bits per heavy atom. The summed E-state index contributed by atoms with van der Waals surface area (Å²) in [6.45, 7) is 18.3. The number of aromatic nitrogens is 8. The molecule has 6 aliphatic heterocycles. The molecule has 4 amide bonds. The number of fused-ring (bicyclic) bond motifs is 6. The van der Waals surface area contributed by atoms with Crippen LogP contribution in [-0.2, 0) is 68.1 Å². The summed E-state index contributed by atoms with van der Waals surface area (Å²) in [7, 11) is 0. The Balaban J connectivity index is 0.000000170. The van der Waals surface area contributed by atoms with Crippen molar-refractivity contribution in [3.8, 4) is 22.3 Å². The number of rotatable bonds is 25. The van der Waals surface area contributed by atoms with Gasteiger partial charge in [-0.05, 0) is 154 Å². The minimum absolute atomic E-state index is 0.0693. The fourth-order valence-electron chi connectivity index (χ4n) is 15.6. The van der Waals surface area contributed by atoms with Gasteiger partial charge in [0, 0.05) is 174 Å². The Labute approximate surface area is 643 Å². The molecular formula is C84H96F2N18O7. The number of amides is 4. The van der Waals surface area contributed by atoms with E-state index in [1.54, 1.807) is 78.9 Å². The van der Waals surface area contributed by atoms with Crippen molar-refractivity contribution in [3.05, 3.63) is 213 Å². The number of carbonyl (C=O) groups is 5. The highest BCUT2D eigenvalue weighted by Crippen LogP contribution is 2.35. The molecule has 25 nitrogen and oxygen atoms in total. The predicted octanol–water partition coefficient (Wildman–Crippen LogP) is 10.0. The topological polar surface area (TPSA) is 303 Å². The molecule has 6 aliphatic rings. The predicted molar refractivity (Wildman–Crippen MR) is 421 cm³/mol. The molecule has 578 valence electrons. The van der Waals surface area contributed by atoms with Crippen molar-refractivity contribution >= 4 is 63.4 Å². The normalized spacial score (nSPS) is 18.1. The van der Waals surface area contributed by atoms with Crippen molar-refractivity contribution in [1.82, 2.24) is 81.6 Å². The Kier molecular flexibility index (Phi) is 24.9. The first-order valence-electron chi connectivity index (χ1n) is 38.9. The van der Waals surface area contributed by atoms with Gasteiger partial charge in [0.05, 0.1) is 34.5 Å². The highest BCUT2D eigenvalue weighted by atomic mass is 19.1. The molecule has 10 aromatic rings. The number of nitrogens with zero attached hydrogens (tertiary/aromatic N) is 9. The Morgan fingerprint density at radius 3 is 1.37 bits per heavy atom. The van der Waals surface area contributed by atoms with E-state index >= 15 is 4.39 Å². The third-order valence-corrected chi connectivity index (χ3v) is 21.6. The molecule has 6 saturated heterocycles. The molecule has 27 heteroatoms. The van der Waals surface area contributed by atoms with Crippen LogP contribution in [0.1, 0.15) is 158 Å². The van der Waals surface area contributed by atoms with Crippen molar-refractivity contribution < 1.29 is 42.2 Å². The van der Waals surface area contributed by atoms with E-state index in [9.17, 15) is 28.4 Å². The zero-order valence-corrected chi connectivity index (χ0v) is 63.1. The molecule has 16 rings (SSSR count). The number of piperazine rings is 2. The molecule has 6 fully saturated rings. The number of nitrogens with one attached hydrogen (secondary N) is 9. The Hall–Kier alpha value is -10.8. The number of hydrogen-bond donors (Lipinski definition) is 9. The van der Waals surface area contributed by atoms with Crippen LogP contribution < -0.4 is 47.9 Å². The first kappa shape index (κ1) is 76.9. The van der Waals surface area contributed by atoms with Crippen LogP contribution in [-0.4, -0.2) is 163 Å². The summed E-state index contributed by atoms with van der Waals surface area (Å²) in [5.41, 5.74) is 12.5. The minimum atomic E-state index is -0.484. The monoisotopic (exact) mass is 1510 g/mol. The molecule has 0 unspecified atom stereocenters. The van der Waals surface area contributed by atoms with E-state index in [1.165, 1.54) is 44.1 Å². The lowest BCUT2D eigenvalue weighted by molar-refractivity contribution is 0.0903. The highest BCUT2D eigenvalue weighted by Gasteiger charge is 2.37. The van der Waals surface area contributed by atoms with E-state index in [-0.39, 0.29) is 66.9 Å². The largest absolute Gasteiger partial charge is 0.381 e. The maximum Gasteiger partial charge on any atom is 0.270 e. The molecule has 9 N–H and O–H groups in total. The summed E-state index contributed by atoms with van der Waals surface area (Å²) in [6.07, 6.45) is 11.7. The number of pyridine rings is 4. The molecule has 0 radical (unpaired) electrons. The van der Waals surface area contributed by atoms with E-state index in [1.807, 2.05) is 54.7 Å². The number of ether oxygens (including phenoxy) is 2. The lowest BCUT2D eigenvalue weighted by Gasteiger charge is -2.27. The molecule has 6 aromatic heterocycles. The van der Waals surface area contributed by atoms with Crippen LogP contribution in [0.4, 0.5) is 20.2 Å². The maximum atomic E-state index is 15.2. The van der Waals surface area contributed by atoms with Gasteiger partial charge in [-0.15, -0.1) is 0 Å². The zero-order valence-electron chi connectivity index (χ0n) is 63.1. The second-order valence-electron chi connectivity index (χ2n) is 29.0. The first-order valence-corrected chi connectivity index (χ1v) is 38.9. The van der Waals surface area contributed by atoms with Crippen LogP contribution in [0.15, 0.2) is 134 Å². The molecule has 12 heterocycles. The fourth-order valence-corrected chi connectivity index (χ4v) is 15.6. The second-order valence-corrected chi connectivity index (χ2v) is 29.0. The van der Waals surface area contributed by atoms with Crippen molar-refractivity contribution in [2.45, 2.75) is 161 Å². The van der Waals surface area contributed by atoms with E-state index in [0.29, 0.717) is 98.5 Å². The van der Waals surface area contributed by atoms with Crippen LogP contribution in [0, 0.1) is 11.6 Å². The van der Waals surface area contributed by atoms with Gasteiger partial charge >= 0.3 is 0 Å². The van der Waals surface area contributed by atoms with Gasteiger partial charge in [0.15, 0.2) is 11.3 Å². The van der Waals surface area contributed by atoms with Gasteiger partial charge in [0.25, 0.3) is 23.6 Å². The fraction of sp³-hybridized carbons (Fsp3) is 0.393. The average molecular weight is 1510 g/mol. The zero-order chi connectivity index (χ0) is 76.9. The number of aryl methyl sites for hydroxylation is 4. The number of anilines is 2. The van der Waals surface area contributed by atoms with Crippen molar-refractivity contribution in [3.63, 3.8) is 0 Å². The Morgan fingerprint density at radius 2 is 0.955 bits per heavy atom. The maximum absolute atomic E-state index is 15.2. The van der Waals surface area contributed by atoms with Gasteiger partial charge in [-0.3, -0.25) is 28.9 Å². The summed E-state index contributed by atoms with van der Waals surface area (Å²) in [5.74, 6) is -2.52. The number of likely N-dealkylation sites (tertiary alicyclic amines) is 1. The minimum Gasteiger partial charge on any atom is -0.381 e. The molecule has 0 saturated carbocycles. The standard InChI is InChI=1S/C42H48FN9O3.C37H38FN7O4.C5H10N2/c1-3-36-33(39(48-29-13-15-55-16-14-29)34-23-47-52(4-2)40(34)50-36)22-46-42(54)38-10-6-9-37(49-38)41(53)45-20-26-11-12-35(43)32(18-26)28-8-5-7-27(17-28)24-51-25-30-19-31(51)21-44-30;1-3-31-28(34(42-26-13-15-49-16-14-26)29-21-41-45(4-2)35(29)44-31)20-40-37(48)33-10-6-9-32(43-33)36(47)39-19-23-11-12-30(38)27(18-23)25-8-5-7-24(17-25)22-46;1-4-2-6-5(1)3-7-4/h5-12,17-18,23,29-31,44H,3-4,13-16,19-22,24-25H2,1-2H3,(H,45,53)(H,46,54)(H,48,50);5-12,17-18,21-22,26H,3-4,13-16,19-20H2,1-2H3,(H,39,47)(H,40,48)(H,42,44);4-7H,1-3H2/t30-,31-;;4-,5-/m0.0/s1. The SMILES string of the molecule is C1N[C@@H]2CN[C@H]1C2.CCc1nc2c(cnn2CC)c(NC2CCOCC2)c1CNC(=O)c1cccc(C(=O)NCc2ccc(F)c(-c3cccc(C=O)c3)c2)n1.CCc1nc2c(cnn2CC)c(NC2CCOCC2)c1CNC(=O)c1cccc(C(=O)NCc2ccc(F)c(-c3cccc(CN4C[C@@H]5C[C@H]4CN5)c3)c2)n1. The van der Waals surface area contributed by atoms with E-state index < -0.39 is 29.4 Å². The van der Waals surface area contributed by atoms with Crippen molar-refractivity contribution in [2.75, 3.05) is 63.2 Å². The van der Waals surface area contributed by atoms with Gasteiger partial charge in [0.2, 0.25) is 0 Å². The number of halogens is 2. The average Bonchev–Trinajstić information content (AvgIpc) is 1.67. The van der Waals surface area contributed by atoms with E-state index in [0.717, 1.165) is 130 Å². The number of aldehydes is 1. The van der Waals surface area contributed by atoms with Gasteiger partial charge in [-0.2, -0.15) is 10.2 Å². The van der Waals surface area contributed by atoms with Crippen LogP contribution in [0.3, 0.4) is 0 Å². The van der Waals surface area contributed by atoms with Crippen LogP contribution in [0.2, 0.25) is 0 Å². The lowest BCUT2D eigenvalue weighted by atomic mass is 10.00. The quantitative estimate of drug-likeness (QED) is 0.0240. The summed E-state index contributed by atoms with van der Waals surface area (Å²) in [4.78, 5) is 85.7. The summed E-state index contributed by atoms with van der Waals surface area (Å²) in [5, 5.41) is 40.4. The van der Waals surface area contributed by atoms with Crippen LogP contribution >= 0.6 is 0 Å². The summed E-state index contributed by atoms with van der Waals surface area (Å²) in [6, 6.07) is 36.8. The van der Waals surface area contributed by atoms with Crippen LogP contribution in [0.5, 0.6) is 0 Å². The van der Waals surface area contributed by atoms with E-state index in [2.05, 4.69) is 92.0 Å². The van der Waals surface area contributed by atoms with E-state index in [4.69, 9.17) is 19.4 Å². The smallest absolute Gasteiger partial charge is 0.270 e. The summed E-state index contributed by atoms with van der Waals surface area (Å²) < 4.78 is 44.7. The molecule has 4 aromatic carbocycles. The second kappa shape index (κ2) is 35.9. The third kappa shape index (κ3) is 18.3. The van der Waals surface area contributed by atoms with Crippen molar-refractivity contribution in [1.29, 1.82) is 0 Å². The molecule has 0 aliphatic carbocycles. The molecule has 0 spiro atoms. The number of carbonyl (C=O) groups excluding carboxylic acids is 5. The first-order chi connectivity index (χ1) is 54.2. The molecule has 4 atom stereocenters. The van der Waals surface area contributed by atoms with Gasteiger partial charge < -0.3 is 57.3 Å². The van der Waals surface area contributed by atoms with Crippen LogP contribution in [0.25, 0.3) is 44.3 Å². The number of benzene rings is 4.